The first-order valence-corrected chi connectivity index (χ1v) is 12.2. The number of carbonyl (C=O) groups excluding carboxylic acids is 1. The van der Waals surface area contributed by atoms with Crippen molar-refractivity contribution in [1.82, 2.24) is 23.6 Å². The number of hydrogen-bond acceptors (Lipinski definition) is 5. The zero-order valence-corrected chi connectivity index (χ0v) is 20.4. The fraction of sp³-hybridized carbons (Fsp3) is 0.385. The van der Waals surface area contributed by atoms with Gasteiger partial charge in [0.05, 0.1) is 10.9 Å². The molecule has 0 spiro atoms. The van der Waals surface area contributed by atoms with Crippen molar-refractivity contribution in [2.75, 3.05) is 31.1 Å². The van der Waals surface area contributed by atoms with Gasteiger partial charge in [-0.3, -0.25) is 14.2 Å². The van der Waals surface area contributed by atoms with Crippen LogP contribution in [0.3, 0.4) is 0 Å². The number of hydrogen-bond donors (Lipinski definition) is 0. The largest absolute Gasteiger partial charge is 0.368 e. The number of piperazine rings is 1. The molecule has 0 radical (unpaired) electrons. The van der Waals surface area contributed by atoms with Crippen LogP contribution in [0.4, 0.5) is 10.1 Å². The van der Waals surface area contributed by atoms with Gasteiger partial charge in [0.25, 0.3) is 5.56 Å². The first kappa shape index (κ1) is 23.8. The Bertz CT molecular complexity index is 1530. The summed E-state index contributed by atoms with van der Waals surface area (Å²) in [6.07, 6.45) is 0.756. The third-order valence-electron chi connectivity index (χ3n) is 6.72. The van der Waals surface area contributed by atoms with E-state index < -0.39 is 5.69 Å². The summed E-state index contributed by atoms with van der Waals surface area (Å²) < 4.78 is 17.3. The van der Waals surface area contributed by atoms with Crippen molar-refractivity contribution in [1.29, 1.82) is 0 Å². The fourth-order valence-electron chi connectivity index (χ4n) is 4.65. The quantitative estimate of drug-likeness (QED) is 0.413. The van der Waals surface area contributed by atoms with Crippen LogP contribution < -0.4 is 16.1 Å². The van der Waals surface area contributed by atoms with Crippen molar-refractivity contribution in [2.24, 2.45) is 5.92 Å². The summed E-state index contributed by atoms with van der Waals surface area (Å²) in [6.45, 7) is 6.56. The van der Waals surface area contributed by atoms with E-state index in [0.29, 0.717) is 49.5 Å². The molecular weight excluding hydrogens is 463 g/mol. The molecule has 3 heterocycles. The second-order valence-corrected chi connectivity index (χ2v) is 9.58. The first-order valence-electron chi connectivity index (χ1n) is 12.2. The molecule has 0 bridgehead atoms. The molecule has 0 aliphatic carbocycles. The molecule has 0 N–H and O–H groups in total. The van der Waals surface area contributed by atoms with E-state index in [4.69, 9.17) is 0 Å². The molecule has 10 heteroatoms. The summed E-state index contributed by atoms with van der Waals surface area (Å²) in [5, 5.41) is 4.89. The summed E-state index contributed by atoms with van der Waals surface area (Å²) in [5.41, 5.74) is 0.748. The predicted octanol–water partition coefficient (Wildman–Crippen LogP) is 2.34. The van der Waals surface area contributed by atoms with Crippen LogP contribution >= 0.6 is 0 Å². The Hall–Kier alpha value is -3.95. The minimum atomic E-state index is -0.446. The number of nitrogens with zero attached hydrogens (tertiary/aromatic N) is 6. The number of para-hydroxylation sites is 1. The maximum atomic E-state index is 13.4. The molecule has 1 aliphatic rings. The Balaban J connectivity index is 1.41. The van der Waals surface area contributed by atoms with E-state index in [-0.39, 0.29) is 29.6 Å². The van der Waals surface area contributed by atoms with Crippen molar-refractivity contribution in [3.8, 4) is 0 Å². The second-order valence-electron chi connectivity index (χ2n) is 9.58. The van der Waals surface area contributed by atoms with Crippen LogP contribution in [0.2, 0.25) is 0 Å². The van der Waals surface area contributed by atoms with Gasteiger partial charge in [0.15, 0.2) is 0 Å². The Kier molecular flexibility index (Phi) is 6.34. The molecule has 2 aromatic carbocycles. The molecule has 188 valence electrons. The van der Waals surface area contributed by atoms with Gasteiger partial charge in [-0.25, -0.2) is 18.3 Å². The summed E-state index contributed by atoms with van der Waals surface area (Å²) in [6, 6.07) is 13.3. The highest BCUT2D eigenvalue weighted by Crippen LogP contribution is 2.17. The van der Waals surface area contributed by atoms with Crippen molar-refractivity contribution < 1.29 is 9.18 Å². The monoisotopic (exact) mass is 492 g/mol. The number of amides is 1. The number of rotatable bonds is 6. The SMILES string of the molecule is CC(C)CCn1c(=O)c2ccccc2n2c(=O)n(CC(=O)N3CCN(c4ccc(F)cc4)CC3)nc12. The van der Waals surface area contributed by atoms with E-state index in [1.807, 2.05) is 0 Å². The lowest BCUT2D eigenvalue weighted by Crippen LogP contribution is -2.50. The molecule has 1 amide bonds. The van der Waals surface area contributed by atoms with Crippen molar-refractivity contribution in [3.63, 3.8) is 0 Å². The molecule has 9 nitrogen and oxygen atoms in total. The number of benzene rings is 2. The van der Waals surface area contributed by atoms with Crippen molar-refractivity contribution in [3.05, 3.63) is 75.2 Å². The van der Waals surface area contributed by atoms with Crippen molar-refractivity contribution in [2.45, 2.75) is 33.4 Å². The molecule has 0 saturated carbocycles. The second kappa shape index (κ2) is 9.60. The highest BCUT2D eigenvalue weighted by atomic mass is 19.1. The van der Waals surface area contributed by atoms with Crippen molar-refractivity contribution >= 4 is 28.3 Å². The lowest BCUT2D eigenvalue weighted by Gasteiger charge is -2.36. The van der Waals surface area contributed by atoms with Crippen LogP contribution in [0.25, 0.3) is 16.7 Å². The molecule has 4 aromatic rings. The average Bonchev–Trinajstić information content (AvgIpc) is 3.20. The lowest BCUT2D eigenvalue weighted by atomic mass is 10.1. The first-order chi connectivity index (χ1) is 17.3. The number of fused-ring (bicyclic) bond motifs is 3. The maximum absolute atomic E-state index is 13.4. The molecule has 1 saturated heterocycles. The topological polar surface area (TPSA) is 84.8 Å². The summed E-state index contributed by atoms with van der Waals surface area (Å²) >= 11 is 0. The highest BCUT2D eigenvalue weighted by molar-refractivity contribution is 5.80. The van der Waals surface area contributed by atoms with Gasteiger partial charge < -0.3 is 9.80 Å². The Morgan fingerprint density at radius 3 is 2.39 bits per heavy atom. The minimum Gasteiger partial charge on any atom is -0.368 e. The molecule has 36 heavy (non-hydrogen) atoms. The standard InChI is InChI=1S/C26H29FN6O3/c1-18(2)11-12-31-24(35)21-5-3-4-6-22(21)33-25(31)28-32(26(33)36)17-23(34)30-15-13-29(14-16-30)20-9-7-19(27)8-10-20/h3-10,18H,11-17H2,1-2H3. The Morgan fingerprint density at radius 1 is 1.00 bits per heavy atom. The van der Waals surface area contributed by atoms with Gasteiger partial charge >= 0.3 is 5.69 Å². The normalized spacial score (nSPS) is 14.3. The average molecular weight is 493 g/mol. The zero-order valence-electron chi connectivity index (χ0n) is 20.4. The number of aryl methyl sites for hydroxylation is 1. The smallest absolute Gasteiger partial charge is 0.352 e. The van der Waals surface area contributed by atoms with E-state index in [1.54, 1.807) is 41.3 Å². The van der Waals surface area contributed by atoms with E-state index in [0.717, 1.165) is 16.8 Å². The Morgan fingerprint density at radius 2 is 1.69 bits per heavy atom. The van der Waals surface area contributed by atoms with Gasteiger partial charge in [-0.2, -0.15) is 0 Å². The molecule has 1 aliphatic heterocycles. The number of halogens is 1. The molecule has 0 atom stereocenters. The molecular formula is C26H29FN6O3. The summed E-state index contributed by atoms with van der Waals surface area (Å²) in [5.74, 6) is 0.123. The van der Waals surface area contributed by atoms with Gasteiger partial charge in [-0.15, -0.1) is 5.10 Å². The predicted molar refractivity (Wildman–Crippen MR) is 136 cm³/mol. The third kappa shape index (κ3) is 4.38. The van der Waals surface area contributed by atoms with Gasteiger partial charge in [0.1, 0.15) is 12.4 Å². The molecule has 1 fully saturated rings. The van der Waals surface area contributed by atoms with Gasteiger partial charge in [-0.1, -0.05) is 26.0 Å². The molecule has 5 rings (SSSR count). The van der Waals surface area contributed by atoms with Gasteiger partial charge in [0.2, 0.25) is 11.7 Å². The molecule has 2 aromatic heterocycles. The van der Waals surface area contributed by atoms with Crippen LogP contribution in [0.15, 0.2) is 58.1 Å². The van der Waals surface area contributed by atoms with E-state index >= 15 is 0 Å². The van der Waals surface area contributed by atoms with E-state index in [1.165, 1.54) is 21.1 Å². The summed E-state index contributed by atoms with van der Waals surface area (Å²) in [7, 11) is 0. The third-order valence-corrected chi connectivity index (χ3v) is 6.72. The van der Waals surface area contributed by atoms with E-state index in [9.17, 15) is 18.8 Å². The van der Waals surface area contributed by atoms with Crippen LogP contribution in [0, 0.1) is 11.7 Å². The maximum Gasteiger partial charge on any atom is 0.352 e. The highest BCUT2D eigenvalue weighted by Gasteiger charge is 2.24. The van der Waals surface area contributed by atoms with Crippen LogP contribution in [-0.2, 0) is 17.9 Å². The van der Waals surface area contributed by atoms with E-state index in [2.05, 4.69) is 23.8 Å². The fourth-order valence-corrected chi connectivity index (χ4v) is 4.65. The number of aromatic nitrogens is 4. The van der Waals surface area contributed by atoms with Crippen LogP contribution in [0.1, 0.15) is 20.3 Å². The van der Waals surface area contributed by atoms with Crippen LogP contribution in [-0.4, -0.2) is 55.7 Å². The zero-order chi connectivity index (χ0) is 25.4. The number of anilines is 1. The van der Waals surface area contributed by atoms with Crippen LogP contribution in [0.5, 0.6) is 0 Å². The molecule has 0 unspecified atom stereocenters. The number of carbonyl (C=O) groups is 1. The van der Waals surface area contributed by atoms with Gasteiger partial charge in [0, 0.05) is 38.4 Å². The Labute approximate surface area is 207 Å². The lowest BCUT2D eigenvalue weighted by molar-refractivity contribution is -0.132. The minimum absolute atomic E-state index is 0.195. The van der Waals surface area contributed by atoms with Gasteiger partial charge in [-0.05, 0) is 48.7 Å². The summed E-state index contributed by atoms with van der Waals surface area (Å²) in [4.78, 5) is 43.5.